The van der Waals surface area contributed by atoms with Crippen LogP contribution < -0.4 is 0 Å². The molecule has 9 aromatic rings. The van der Waals surface area contributed by atoms with Crippen LogP contribution in [0.4, 0.5) is 0 Å². The summed E-state index contributed by atoms with van der Waals surface area (Å²) < 4.78 is 6.61. The minimum Gasteiger partial charge on any atom is -0.456 e. The van der Waals surface area contributed by atoms with E-state index in [2.05, 4.69) is 158 Å². The van der Waals surface area contributed by atoms with Crippen LogP contribution in [-0.4, -0.2) is 0 Å². The normalized spacial score (nSPS) is 11.7. The molecule has 0 fully saturated rings. The standard InChI is InChI=1S/C42H26O/c1-2-12-28(13-3-1)41-35-16-6-8-18-37(35)42(38-19-9-7-17-36(38)41)30-22-24-34-33-23-21-29(25-39(33)43-40(34)26-30)32-20-10-14-27-11-4-5-15-31(27)32/h1-26H. The van der Waals surface area contributed by atoms with Gasteiger partial charge in [-0.05, 0) is 90.0 Å². The Bertz CT molecular complexity index is 2440. The van der Waals surface area contributed by atoms with Crippen LogP contribution in [0.2, 0.25) is 0 Å². The lowest BCUT2D eigenvalue weighted by Crippen LogP contribution is -1.90. The zero-order valence-corrected chi connectivity index (χ0v) is 23.4. The lowest BCUT2D eigenvalue weighted by molar-refractivity contribution is 0.669. The average molecular weight is 547 g/mol. The highest BCUT2D eigenvalue weighted by atomic mass is 16.3. The topological polar surface area (TPSA) is 13.1 Å². The second-order valence-electron chi connectivity index (χ2n) is 11.3. The highest BCUT2D eigenvalue weighted by Gasteiger charge is 2.18. The van der Waals surface area contributed by atoms with Crippen molar-refractivity contribution in [3.8, 4) is 33.4 Å². The Morgan fingerprint density at radius 1 is 0.302 bits per heavy atom. The lowest BCUT2D eigenvalue weighted by atomic mass is 9.86. The van der Waals surface area contributed by atoms with E-state index in [1.807, 2.05) is 0 Å². The van der Waals surface area contributed by atoms with Crippen LogP contribution in [0.1, 0.15) is 0 Å². The Morgan fingerprint density at radius 2 is 0.791 bits per heavy atom. The van der Waals surface area contributed by atoms with Gasteiger partial charge in [-0.3, -0.25) is 0 Å². The summed E-state index contributed by atoms with van der Waals surface area (Å²) in [5.41, 5.74) is 9.11. The van der Waals surface area contributed by atoms with Gasteiger partial charge < -0.3 is 4.42 Å². The molecule has 0 aliphatic heterocycles. The molecule has 200 valence electrons. The molecular formula is C42H26O. The van der Waals surface area contributed by atoms with Gasteiger partial charge in [0.15, 0.2) is 0 Å². The Balaban J connectivity index is 1.27. The molecule has 0 bridgehead atoms. The Labute approximate surface area is 249 Å². The number of rotatable bonds is 3. The molecule has 9 rings (SSSR count). The summed E-state index contributed by atoms with van der Waals surface area (Å²) >= 11 is 0. The number of furan rings is 1. The van der Waals surface area contributed by atoms with E-state index in [9.17, 15) is 0 Å². The zero-order valence-electron chi connectivity index (χ0n) is 23.4. The van der Waals surface area contributed by atoms with Gasteiger partial charge in [-0.15, -0.1) is 0 Å². The van der Waals surface area contributed by atoms with Crippen molar-refractivity contribution in [2.45, 2.75) is 0 Å². The van der Waals surface area contributed by atoms with E-state index < -0.39 is 0 Å². The fourth-order valence-electron chi connectivity index (χ4n) is 6.93. The third-order valence-electron chi connectivity index (χ3n) is 8.86. The third-order valence-corrected chi connectivity index (χ3v) is 8.86. The van der Waals surface area contributed by atoms with Crippen LogP contribution >= 0.6 is 0 Å². The molecule has 0 atom stereocenters. The number of hydrogen-bond acceptors (Lipinski definition) is 1. The minimum absolute atomic E-state index is 0.905. The molecule has 0 unspecified atom stereocenters. The van der Waals surface area contributed by atoms with E-state index >= 15 is 0 Å². The number of hydrogen-bond donors (Lipinski definition) is 0. The summed E-state index contributed by atoms with van der Waals surface area (Å²) in [6, 6.07) is 56.7. The molecule has 0 spiro atoms. The van der Waals surface area contributed by atoms with Crippen LogP contribution in [0.5, 0.6) is 0 Å². The fraction of sp³-hybridized carbons (Fsp3) is 0. The van der Waals surface area contributed by atoms with Crippen molar-refractivity contribution in [2.24, 2.45) is 0 Å². The average Bonchev–Trinajstić information content (AvgIpc) is 3.44. The molecule has 1 heterocycles. The summed E-state index contributed by atoms with van der Waals surface area (Å²) in [4.78, 5) is 0. The van der Waals surface area contributed by atoms with Crippen molar-refractivity contribution in [3.63, 3.8) is 0 Å². The van der Waals surface area contributed by atoms with Crippen molar-refractivity contribution < 1.29 is 4.42 Å². The molecule has 1 aromatic heterocycles. The van der Waals surface area contributed by atoms with E-state index in [1.165, 1.54) is 54.6 Å². The first-order chi connectivity index (χ1) is 21.3. The second-order valence-corrected chi connectivity index (χ2v) is 11.3. The smallest absolute Gasteiger partial charge is 0.136 e. The summed E-state index contributed by atoms with van der Waals surface area (Å²) in [7, 11) is 0. The van der Waals surface area contributed by atoms with Crippen LogP contribution in [0.25, 0.3) is 87.6 Å². The van der Waals surface area contributed by atoms with Crippen molar-refractivity contribution in [1.82, 2.24) is 0 Å². The fourth-order valence-corrected chi connectivity index (χ4v) is 6.93. The van der Waals surface area contributed by atoms with Gasteiger partial charge in [0, 0.05) is 10.8 Å². The Kier molecular flexibility index (Phi) is 5.27. The minimum atomic E-state index is 0.905. The van der Waals surface area contributed by atoms with Crippen LogP contribution in [0.3, 0.4) is 0 Å². The monoisotopic (exact) mass is 546 g/mol. The molecular weight excluding hydrogens is 520 g/mol. The maximum absolute atomic E-state index is 6.61. The van der Waals surface area contributed by atoms with Crippen LogP contribution in [0.15, 0.2) is 162 Å². The first-order valence-corrected chi connectivity index (χ1v) is 14.8. The third kappa shape index (κ3) is 3.72. The van der Waals surface area contributed by atoms with Gasteiger partial charge in [0.25, 0.3) is 0 Å². The number of fused-ring (bicyclic) bond motifs is 6. The van der Waals surface area contributed by atoms with Crippen molar-refractivity contribution in [1.29, 1.82) is 0 Å². The van der Waals surface area contributed by atoms with E-state index in [1.54, 1.807) is 0 Å². The molecule has 0 radical (unpaired) electrons. The molecule has 0 aliphatic carbocycles. The predicted molar refractivity (Wildman–Crippen MR) is 183 cm³/mol. The van der Waals surface area contributed by atoms with Gasteiger partial charge >= 0.3 is 0 Å². The summed E-state index contributed by atoms with van der Waals surface area (Å²) in [6.45, 7) is 0. The summed E-state index contributed by atoms with van der Waals surface area (Å²) in [6.07, 6.45) is 0. The first-order valence-electron chi connectivity index (χ1n) is 14.8. The first kappa shape index (κ1) is 24.0. The van der Waals surface area contributed by atoms with Crippen molar-refractivity contribution in [2.75, 3.05) is 0 Å². The van der Waals surface area contributed by atoms with Gasteiger partial charge in [0.05, 0.1) is 0 Å². The molecule has 43 heavy (non-hydrogen) atoms. The largest absolute Gasteiger partial charge is 0.456 e. The maximum atomic E-state index is 6.61. The van der Waals surface area contributed by atoms with Crippen molar-refractivity contribution in [3.05, 3.63) is 158 Å². The predicted octanol–water partition coefficient (Wildman–Crippen LogP) is 12.0. The number of benzene rings is 8. The molecule has 8 aromatic carbocycles. The summed E-state index contributed by atoms with van der Waals surface area (Å²) in [5.74, 6) is 0. The van der Waals surface area contributed by atoms with E-state index in [-0.39, 0.29) is 0 Å². The van der Waals surface area contributed by atoms with E-state index in [0.717, 1.165) is 33.1 Å². The quantitative estimate of drug-likeness (QED) is 0.201. The highest BCUT2D eigenvalue weighted by Crippen LogP contribution is 2.44. The molecule has 0 saturated heterocycles. The van der Waals surface area contributed by atoms with Crippen LogP contribution in [-0.2, 0) is 0 Å². The van der Waals surface area contributed by atoms with E-state index in [4.69, 9.17) is 4.42 Å². The van der Waals surface area contributed by atoms with Gasteiger partial charge in [0.1, 0.15) is 11.2 Å². The second kappa shape index (κ2) is 9.44. The van der Waals surface area contributed by atoms with Gasteiger partial charge in [-0.1, -0.05) is 133 Å². The molecule has 0 saturated carbocycles. The van der Waals surface area contributed by atoms with Gasteiger partial charge in [-0.2, -0.15) is 0 Å². The Morgan fingerprint density at radius 3 is 1.44 bits per heavy atom. The highest BCUT2D eigenvalue weighted by molar-refractivity contribution is 6.22. The molecule has 0 aliphatic rings. The van der Waals surface area contributed by atoms with Gasteiger partial charge in [0.2, 0.25) is 0 Å². The zero-order chi connectivity index (χ0) is 28.3. The van der Waals surface area contributed by atoms with Crippen LogP contribution in [0, 0.1) is 0 Å². The SMILES string of the molecule is c1ccc(-c2c3ccccc3c(-c3ccc4c(c3)oc3cc(-c5cccc6ccccc56)ccc34)c3ccccc23)cc1. The molecule has 0 amide bonds. The lowest BCUT2D eigenvalue weighted by Gasteiger charge is -2.17. The van der Waals surface area contributed by atoms with Gasteiger partial charge in [-0.25, -0.2) is 0 Å². The molecule has 1 heteroatoms. The van der Waals surface area contributed by atoms with Crippen molar-refractivity contribution >= 4 is 54.3 Å². The maximum Gasteiger partial charge on any atom is 0.136 e. The van der Waals surface area contributed by atoms with E-state index in [0.29, 0.717) is 0 Å². The summed E-state index contributed by atoms with van der Waals surface area (Å²) in [5, 5.41) is 9.77. The Hall–Kier alpha value is -5.66. The molecule has 1 nitrogen and oxygen atoms in total. The molecule has 0 N–H and O–H groups in total.